The molecule has 2 aromatic carbocycles. The third-order valence-electron chi connectivity index (χ3n) is 6.33. The highest BCUT2D eigenvalue weighted by molar-refractivity contribution is 7.80. The second-order valence-electron chi connectivity index (χ2n) is 9.32. The van der Waals surface area contributed by atoms with Crippen LogP contribution in [0.3, 0.4) is 0 Å². The number of thiocarbonyl (C=S) groups is 1. The lowest BCUT2D eigenvalue weighted by Gasteiger charge is -2.14. The Morgan fingerprint density at radius 1 is 1.09 bits per heavy atom. The fraction of sp³-hybridized carbons (Fsp3) is 0.333. The van der Waals surface area contributed by atoms with Crippen LogP contribution >= 0.6 is 23.8 Å². The van der Waals surface area contributed by atoms with Crippen LogP contribution in [0.25, 0.3) is 16.8 Å². The minimum absolute atomic E-state index is 0.234. The van der Waals surface area contributed by atoms with Gasteiger partial charge in [0.25, 0.3) is 0 Å². The molecule has 0 aliphatic carbocycles. The van der Waals surface area contributed by atoms with E-state index in [0.29, 0.717) is 6.54 Å². The summed E-state index contributed by atoms with van der Waals surface area (Å²) in [5.41, 5.74) is 8.09. The minimum Gasteiger partial charge on any atom is -0.378 e. The molecular formula is C27H30ClN5S. The summed E-state index contributed by atoms with van der Waals surface area (Å²) in [5.74, 6) is 1.02. The lowest BCUT2D eigenvalue weighted by atomic mass is 9.98. The summed E-state index contributed by atoms with van der Waals surface area (Å²) in [6.45, 7) is 7.93. The van der Waals surface area contributed by atoms with Crippen molar-refractivity contribution in [3.63, 3.8) is 0 Å². The largest absolute Gasteiger partial charge is 0.378 e. The maximum atomic E-state index is 6.21. The van der Waals surface area contributed by atoms with Gasteiger partial charge in [-0.15, -0.1) is 0 Å². The molecule has 3 heterocycles. The number of halogens is 1. The average molecular weight is 492 g/mol. The molecule has 0 fully saturated rings. The molecule has 1 aliphatic rings. The van der Waals surface area contributed by atoms with Crippen molar-refractivity contribution in [3.05, 3.63) is 76.2 Å². The van der Waals surface area contributed by atoms with Crippen LogP contribution in [0.15, 0.2) is 48.5 Å². The average Bonchev–Trinajstić information content (AvgIpc) is 3.20. The number of aromatic nitrogens is 3. The van der Waals surface area contributed by atoms with Crippen LogP contribution < -0.4 is 10.6 Å². The van der Waals surface area contributed by atoms with Crippen molar-refractivity contribution in [2.75, 3.05) is 5.32 Å². The molecule has 0 unspecified atom stereocenters. The predicted octanol–water partition coefficient (Wildman–Crippen LogP) is 6.39. The van der Waals surface area contributed by atoms with Crippen molar-refractivity contribution in [1.82, 2.24) is 19.5 Å². The molecule has 4 aromatic rings. The van der Waals surface area contributed by atoms with E-state index in [4.69, 9.17) is 28.9 Å². The van der Waals surface area contributed by atoms with Gasteiger partial charge in [-0.2, -0.15) is 5.10 Å². The van der Waals surface area contributed by atoms with E-state index in [0.717, 1.165) is 64.2 Å². The Kier molecular flexibility index (Phi) is 6.36. The second-order valence-corrected chi connectivity index (χ2v) is 10.2. The molecule has 1 aliphatic heterocycles. The van der Waals surface area contributed by atoms with E-state index >= 15 is 0 Å². The molecule has 0 amide bonds. The van der Waals surface area contributed by atoms with E-state index in [1.165, 1.54) is 16.7 Å². The van der Waals surface area contributed by atoms with Gasteiger partial charge < -0.3 is 15.2 Å². The summed E-state index contributed by atoms with van der Waals surface area (Å²) in [4.78, 5) is 0.726. The zero-order chi connectivity index (χ0) is 23.8. The molecule has 0 saturated heterocycles. The Morgan fingerprint density at radius 2 is 1.82 bits per heavy atom. The maximum absolute atomic E-state index is 6.21. The number of rotatable bonds is 6. The Balaban J connectivity index is 1.65. The molecule has 176 valence electrons. The topological polar surface area (TPSA) is 46.3 Å². The monoisotopic (exact) mass is 491 g/mol. The Labute approximate surface area is 211 Å². The van der Waals surface area contributed by atoms with Gasteiger partial charge in [0.1, 0.15) is 16.3 Å². The van der Waals surface area contributed by atoms with Crippen molar-refractivity contribution >= 4 is 40.1 Å². The summed E-state index contributed by atoms with van der Waals surface area (Å²) >= 11 is 12.1. The number of hydrogen-bond acceptors (Lipinski definition) is 3. The third kappa shape index (κ3) is 4.32. The predicted molar refractivity (Wildman–Crippen MR) is 145 cm³/mol. The van der Waals surface area contributed by atoms with E-state index < -0.39 is 0 Å². The normalized spacial score (nSPS) is 13.3. The summed E-state index contributed by atoms with van der Waals surface area (Å²) in [6, 6.07) is 16.8. The van der Waals surface area contributed by atoms with Gasteiger partial charge in [0.05, 0.1) is 6.54 Å². The smallest absolute Gasteiger partial charge is 0.150 e. The van der Waals surface area contributed by atoms with E-state index in [1.807, 2.05) is 12.1 Å². The van der Waals surface area contributed by atoms with E-state index in [9.17, 15) is 0 Å². The van der Waals surface area contributed by atoms with Crippen LogP contribution in [0.1, 0.15) is 49.3 Å². The Bertz CT molecular complexity index is 1330. The lowest BCUT2D eigenvalue weighted by Crippen LogP contribution is -2.30. The van der Waals surface area contributed by atoms with Gasteiger partial charge >= 0.3 is 0 Å². The van der Waals surface area contributed by atoms with Crippen LogP contribution in [0.5, 0.6) is 0 Å². The third-order valence-corrected chi connectivity index (χ3v) is 6.90. The molecule has 0 atom stereocenters. The number of hydrogen-bond donors (Lipinski definition) is 2. The molecule has 0 radical (unpaired) electrons. The molecule has 5 nitrogen and oxygen atoms in total. The Hall–Kier alpha value is -2.83. The molecule has 2 N–H and O–H groups in total. The molecule has 2 aromatic heterocycles. The quantitative estimate of drug-likeness (QED) is 0.307. The van der Waals surface area contributed by atoms with Crippen molar-refractivity contribution in [2.24, 2.45) is 0 Å². The van der Waals surface area contributed by atoms with Crippen LogP contribution in [0.2, 0.25) is 5.02 Å². The van der Waals surface area contributed by atoms with Crippen LogP contribution in [0.4, 0.5) is 5.69 Å². The number of aryl methyl sites for hydroxylation is 3. The number of anilines is 1. The van der Waals surface area contributed by atoms with E-state index in [2.05, 4.69) is 76.9 Å². The van der Waals surface area contributed by atoms with Crippen LogP contribution in [-0.2, 0) is 19.5 Å². The van der Waals surface area contributed by atoms with Crippen molar-refractivity contribution in [3.8, 4) is 11.1 Å². The fourth-order valence-corrected chi connectivity index (χ4v) is 5.31. The van der Waals surface area contributed by atoms with Gasteiger partial charge in [-0.1, -0.05) is 53.6 Å². The molecule has 5 rings (SSSR count). The summed E-state index contributed by atoms with van der Waals surface area (Å²) in [5, 5.41) is 12.9. The fourth-order valence-electron chi connectivity index (χ4n) is 4.76. The molecule has 0 saturated carbocycles. The molecule has 0 spiro atoms. The zero-order valence-corrected chi connectivity index (χ0v) is 21.4. The minimum atomic E-state index is 0.234. The first-order valence-electron chi connectivity index (χ1n) is 11.9. The molecular weight excluding hydrogens is 462 g/mol. The number of benzene rings is 2. The van der Waals surface area contributed by atoms with Crippen LogP contribution in [0, 0.1) is 6.92 Å². The standard InChI is InChI=1S/C27H30ClN5S/c1-17(2)30-26(34)25-24(19-9-11-20(28)12-10-19)22-6-4-5-15-32-23(31-33(25)27(22)32)16-29-21-13-7-18(3)8-14-21/h7-14,17,29H,4-6,15-16H2,1-3H3,(H,30,34). The van der Waals surface area contributed by atoms with Gasteiger partial charge in [-0.05, 0) is 69.9 Å². The van der Waals surface area contributed by atoms with E-state index in [-0.39, 0.29) is 6.04 Å². The second kappa shape index (κ2) is 9.43. The molecule has 0 bridgehead atoms. The highest BCUT2D eigenvalue weighted by Gasteiger charge is 2.29. The highest BCUT2D eigenvalue weighted by atomic mass is 35.5. The van der Waals surface area contributed by atoms with Gasteiger partial charge in [0.15, 0.2) is 5.82 Å². The SMILES string of the molecule is Cc1ccc(NCc2nn3c(C(=S)NC(C)C)c(-c4ccc(Cl)cc4)c4c3n2CCCC4)cc1. The summed E-state index contributed by atoms with van der Waals surface area (Å²) in [6.07, 6.45) is 3.27. The first-order valence-corrected chi connectivity index (χ1v) is 12.7. The summed E-state index contributed by atoms with van der Waals surface area (Å²) in [7, 11) is 0. The zero-order valence-electron chi connectivity index (χ0n) is 19.9. The van der Waals surface area contributed by atoms with Gasteiger partial charge in [-0.3, -0.25) is 0 Å². The van der Waals surface area contributed by atoms with Crippen molar-refractivity contribution in [1.29, 1.82) is 0 Å². The van der Waals surface area contributed by atoms with Gasteiger partial charge in [0.2, 0.25) is 0 Å². The van der Waals surface area contributed by atoms with Gasteiger partial charge in [-0.25, -0.2) is 4.52 Å². The van der Waals surface area contributed by atoms with Crippen LogP contribution in [-0.4, -0.2) is 25.2 Å². The van der Waals surface area contributed by atoms with Crippen molar-refractivity contribution < 1.29 is 0 Å². The maximum Gasteiger partial charge on any atom is 0.150 e. The van der Waals surface area contributed by atoms with E-state index in [1.54, 1.807) is 0 Å². The number of nitrogens with zero attached hydrogens (tertiary/aromatic N) is 3. The molecule has 34 heavy (non-hydrogen) atoms. The Morgan fingerprint density at radius 3 is 2.53 bits per heavy atom. The molecule has 7 heteroatoms. The lowest BCUT2D eigenvalue weighted by molar-refractivity contribution is 0.619. The van der Waals surface area contributed by atoms with Crippen molar-refractivity contribution in [2.45, 2.75) is 59.2 Å². The number of nitrogens with one attached hydrogen (secondary N) is 2. The summed E-state index contributed by atoms with van der Waals surface area (Å²) < 4.78 is 4.46. The van der Waals surface area contributed by atoms with Gasteiger partial charge in [0, 0.05) is 34.4 Å². The first-order chi connectivity index (χ1) is 16.4. The first kappa shape index (κ1) is 22.9. The highest BCUT2D eigenvalue weighted by Crippen LogP contribution is 2.37.